The maximum Gasteiger partial charge on any atom is 0.153 e. The Morgan fingerprint density at radius 2 is 1.97 bits per heavy atom. The van der Waals surface area contributed by atoms with Gasteiger partial charge in [0.1, 0.15) is 29.3 Å². The van der Waals surface area contributed by atoms with E-state index in [-0.39, 0.29) is 6.17 Å². The number of H-pyrrole nitrogens is 1. The number of fused-ring (bicyclic) bond motifs is 3. The molecule has 9 heteroatoms. The molecule has 1 aliphatic rings. The quantitative estimate of drug-likeness (QED) is 0.461. The third kappa shape index (κ3) is 3.04. The number of hydrogen-bond acceptors (Lipinski definition) is 7. The molecule has 1 aliphatic heterocycles. The molecule has 0 radical (unpaired) electrons. The first kappa shape index (κ1) is 19.2. The third-order valence-electron chi connectivity index (χ3n) is 5.69. The summed E-state index contributed by atoms with van der Waals surface area (Å²) in [4.78, 5) is 8.30. The van der Waals surface area contributed by atoms with Gasteiger partial charge in [0.05, 0.1) is 23.9 Å². The van der Waals surface area contributed by atoms with Crippen molar-refractivity contribution < 1.29 is 9.26 Å². The number of aromatic amines is 1. The van der Waals surface area contributed by atoms with E-state index < -0.39 is 0 Å². The lowest BCUT2D eigenvalue weighted by molar-refractivity contribution is 0.393. The smallest absolute Gasteiger partial charge is 0.153 e. The lowest BCUT2D eigenvalue weighted by atomic mass is 10.00. The first-order valence-electron chi connectivity index (χ1n) is 10.1. The highest BCUT2D eigenvalue weighted by Crippen LogP contribution is 2.40. The molecule has 0 saturated heterocycles. The summed E-state index contributed by atoms with van der Waals surface area (Å²) in [7, 11) is 3.60. The lowest BCUT2D eigenvalue weighted by Gasteiger charge is -2.20. The Morgan fingerprint density at radius 1 is 1.16 bits per heavy atom. The second-order valence-corrected chi connectivity index (χ2v) is 7.89. The van der Waals surface area contributed by atoms with Gasteiger partial charge in [0.15, 0.2) is 5.82 Å². The minimum atomic E-state index is -0.0863. The van der Waals surface area contributed by atoms with Gasteiger partial charge in [0.25, 0.3) is 0 Å². The number of aromatic nitrogens is 4. The topological polar surface area (TPSA) is 105 Å². The van der Waals surface area contributed by atoms with Gasteiger partial charge >= 0.3 is 0 Å². The van der Waals surface area contributed by atoms with E-state index in [4.69, 9.17) is 14.3 Å². The molecule has 9 nitrogen and oxygen atoms in total. The number of rotatable bonds is 3. The molecule has 0 amide bonds. The number of anilines is 2. The van der Waals surface area contributed by atoms with Gasteiger partial charge in [0.2, 0.25) is 0 Å². The molecule has 5 rings (SSSR count). The van der Waals surface area contributed by atoms with Crippen molar-refractivity contribution in [2.45, 2.75) is 33.9 Å². The second-order valence-electron chi connectivity index (χ2n) is 7.89. The first-order chi connectivity index (χ1) is 14.9. The van der Waals surface area contributed by atoms with Crippen LogP contribution in [0.5, 0.6) is 5.75 Å². The van der Waals surface area contributed by atoms with Crippen molar-refractivity contribution in [1.82, 2.24) is 19.9 Å². The molecule has 1 aromatic carbocycles. The minimum Gasteiger partial charge on any atom is -0.496 e. The largest absolute Gasteiger partial charge is 0.496 e. The fourth-order valence-electron chi connectivity index (χ4n) is 4.15. The SMILES string of the molecule is COc1cc2c3c([nH]c2cc1-c1c(C)noc1C)NC(C)N=C3Nc1cc(C)n(C)n1. The van der Waals surface area contributed by atoms with Gasteiger partial charge in [-0.25, -0.2) is 4.99 Å². The summed E-state index contributed by atoms with van der Waals surface area (Å²) in [6, 6.07) is 6.11. The molecule has 31 heavy (non-hydrogen) atoms. The zero-order chi connectivity index (χ0) is 21.9. The van der Waals surface area contributed by atoms with Gasteiger partial charge in [-0.1, -0.05) is 5.16 Å². The number of aryl methyl sites for hydroxylation is 4. The van der Waals surface area contributed by atoms with Crippen molar-refractivity contribution in [1.29, 1.82) is 0 Å². The Kier molecular flexibility index (Phi) is 4.28. The number of methoxy groups -OCH3 is 1. The highest BCUT2D eigenvalue weighted by molar-refractivity contribution is 6.20. The van der Waals surface area contributed by atoms with Crippen LogP contribution >= 0.6 is 0 Å². The molecule has 4 aromatic rings. The normalized spacial score (nSPS) is 15.5. The lowest BCUT2D eigenvalue weighted by Crippen LogP contribution is -2.27. The van der Waals surface area contributed by atoms with Crippen LogP contribution in [0.2, 0.25) is 0 Å². The Morgan fingerprint density at radius 3 is 2.61 bits per heavy atom. The number of benzene rings is 1. The minimum absolute atomic E-state index is 0.0863. The molecule has 160 valence electrons. The van der Waals surface area contributed by atoms with Crippen molar-refractivity contribution in [3.05, 3.63) is 40.9 Å². The van der Waals surface area contributed by atoms with Crippen molar-refractivity contribution in [3.8, 4) is 16.9 Å². The average molecular weight is 419 g/mol. The molecule has 3 N–H and O–H groups in total. The number of aliphatic imine (C=N–C) groups is 1. The van der Waals surface area contributed by atoms with Crippen molar-refractivity contribution in [3.63, 3.8) is 0 Å². The van der Waals surface area contributed by atoms with Gasteiger partial charge in [-0.15, -0.1) is 0 Å². The predicted molar refractivity (Wildman–Crippen MR) is 121 cm³/mol. The van der Waals surface area contributed by atoms with E-state index in [1.807, 2.05) is 51.6 Å². The monoisotopic (exact) mass is 419 g/mol. The molecule has 0 spiro atoms. The zero-order valence-electron chi connectivity index (χ0n) is 18.4. The van der Waals surface area contributed by atoms with Crippen molar-refractivity contribution >= 4 is 28.4 Å². The molecule has 0 aliphatic carbocycles. The van der Waals surface area contributed by atoms with Gasteiger partial charge in [-0.3, -0.25) is 4.68 Å². The van der Waals surface area contributed by atoms with E-state index in [0.29, 0.717) is 0 Å². The van der Waals surface area contributed by atoms with Crippen LogP contribution in [0.15, 0.2) is 27.7 Å². The van der Waals surface area contributed by atoms with Crippen LogP contribution in [0.25, 0.3) is 22.0 Å². The summed E-state index contributed by atoms with van der Waals surface area (Å²) in [6.45, 7) is 7.87. The van der Waals surface area contributed by atoms with E-state index in [1.165, 1.54) is 0 Å². The highest BCUT2D eigenvalue weighted by Gasteiger charge is 2.26. The van der Waals surface area contributed by atoms with Crippen LogP contribution in [0, 0.1) is 20.8 Å². The maximum absolute atomic E-state index is 5.76. The molecule has 4 heterocycles. The van der Waals surface area contributed by atoms with Crippen LogP contribution < -0.4 is 15.4 Å². The highest BCUT2D eigenvalue weighted by atomic mass is 16.5. The summed E-state index contributed by atoms with van der Waals surface area (Å²) in [5.41, 5.74) is 5.70. The third-order valence-corrected chi connectivity index (χ3v) is 5.69. The van der Waals surface area contributed by atoms with Crippen molar-refractivity contribution in [2.24, 2.45) is 12.0 Å². The molecule has 3 aromatic heterocycles. The van der Waals surface area contributed by atoms with Crippen LogP contribution in [0.1, 0.15) is 29.6 Å². The van der Waals surface area contributed by atoms with Gasteiger partial charge in [0, 0.05) is 35.3 Å². The van der Waals surface area contributed by atoms with Crippen LogP contribution in [0.3, 0.4) is 0 Å². The molecular weight excluding hydrogens is 394 g/mol. The molecule has 0 saturated carbocycles. The zero-order valence-corrected chi connectivity index (χ0v) is 18.4. The summed E-state index contributed by atoms with van der Waals surface area (Å²) >= 11 is 0. The standard InChI is InChI=1S/C22H25N7O2/c1-10-7-18(27-29(10)5)26-22-20-14-9-17(30-6)15(19-11(2)28-31-12(19)3)8-16(14)25-21(20)23-13(4)24-22/h7-9,13,23,25H,1-6H3,(H,24,26,27). The Bertz CT molecular complexity index is 1300. The Labute approximate surface area is 179 Å². The van der Waals surface area contributed by atoms with Gasteiger partial charge in [-0.05, 0) is 39.8 Å². The Hall–Kier alpha value is -3.75. The molecular formula is C22H25N7O2. The van der Waals surface area contributed by atoms with E-state index >= 15 is 0 Å². The average Bonchev–Trinajstić information content (AvgIpc) is 3.35. The first-order valence-corrected chi connectivity index (χ1v) is 10.1. The molecule has 1 unspecified atom stereocenters. The second kappa shape index (κ2) is 6.90. The van der Waals surface area contributed by atoms with Crippen LogP contribution in [-0.2, 0) is 7.05 Å². The number of nitrogens with zero attached hydrogens (tertiary/aromatic N) is 4. The summed E-state index contributed by atoms with van der Waals surface area (Å²) < 4.78 is 13.0. The number of ether oxygens (including phenoxy) is 1. The predicted octanol–water partition coefficient (Wildman–Crippen LogP) is 4.12. The number of hydrogen-bond donors (Lipinski definition) is 3. The van der Waals surface area contributed by atoms with Crippen LogP contribution in [0.4, 0.5) is 11.6 Å². The van der Waals surface area contributed by atoms with E-state index in [9.17, 15) is 0 Å². The fraction of sp³-hybridized carbons (Fsp3) is 0.318. The summed E-state index contributed by atoms with van der Waals surface area (Å²) in [5.74, 6) is 3.93. The molecule has 1 atom stereocenters. The fourth-order valence-corrected chi connectivity index (χ4v) is 4.15. The van der Waals surface area contributed by atoms with E-state index in [2.05, 4.69) is 31.9 Å². The van der Waals surface area contributed by atoms with Crippen molar-refractivity contribution in [2.75, 3.05) is 17.7 Å². The van der Waals surface area contributed by atoms with E-state index in [0.717, 1.165) is 68.0 Å². The molecule has 0 fully saturated rings. The number of nitrogens with one attached hydrogen (secondary N) is 3. The van der Waals surface area contributed by atoms with Gasteiger partial charge < -0.3 is 24.9 Å². The van der Waals surface area contributed by atoms with Crippen LogP contribution in [-0.4, -0.2) is 39.0 Å². The van der Waals surface area contributed by atoms with E-state index in [1.54, 1.807) is 7.11 Å². The maximum atomic E-state index is 5.76. The Balaban J connectivity index is 1.67. The summed E-state index contributed by atoms with van der Waals surface area (Å²) in [6.07, 6.45) is -0.0863. The molecule has 0 bridgehead atoms. The number of amidine groups is 1. The van der Waals surface area contributed by atoms with Gasteiger partial charge in [-0.2, -0.15) is 5.10 Å². The summed E-state index contributed by atoms with van der Waals surface area (Å²) in [5, 5.41) is 16.4.